The van der Waals surface area contributed by atoms with Gasteiger partial charge in [0, 0.05) is 5.02 Å². The van der Waals surface area contributed by atoms with Gasteiger partial charge in [-0.15, -0.1) is 0 Å². The van der Waals surface area contributed by atoms with Crippen molar-refractivity contribution in [2.45, 2.75) is 24.6 Å². The number of rotatable bonds is 11. The van der Waals surface area contributed by atoms with Crippen LogP contribution in [0.2, 0.25) is 5.02 Å². The first-order valence-electron chi connectivity index (χ1n) is 13.1. The minimum absolute atomic E-state index is 0.197. The summed E-state index contributed by atoms with van der Waals surface area (Å²) in [6.45, 7) is 1.14. The lowest BCUT2D eigenvalue weighted by molar-refractivity contribution is -0.137. The number of anilines is 1. The van der Waals surface area contributed by atoms with Crippen LogP contribution in [0.15, 0.2) is 99.4 Å². The van der Waals surface area contributed by atoms with Gasteiger partial charge in [0.15, 0.2) is 11.5 Å². The summed E-state index contributed by atoms with van der Waals surface area (Å²) in [6.07, 6.45) is -3.44. The van der Waals surface area contributed by atoms with Gasteiger partial charge < -0.3 is 9.47 Å². The zero-order chi connectivity index (χ0) is 32.8. The molecule has 4 aromatic carbocycles. The number of amides is 1. The van der Waals surface area contributed by atoms with Crippen LogP contribution in [-0.4, -0.2) is 34.2 Å². The van der Waals surface area contributed by atoms with Crippen LogP contribution in [0.1, 0.15) is 22.3 Å². The van der Waals surface area contributed by atoms with E-state index in [1.807, 2.05) is 12.1 Å². The van der Waals surface area contributed by atoms with Crippen LogP contribution >= 0.6 is 27.5 Å². The molecular formula is C31H26BrClF3N3O5S. The molecule has 8 nitrogen and oxygen atoms in total. The predicted octanol–water partition coefficient (Wildman–Crippen LogP) is 7.36. The Morgan fingerprint density at radius 3 is 2.38 bits per heavy atom. The van der Waals surface area contributed by atoms with Gasteiger partial charge in [-0.25, -0.2) is 13.8 Å². The summed E-state index contributed by atoms with van der Waals surface area (Å²) in [7, 11) is -2.99. The molecule has 0 unspecified atom stereocenters. The zero-order valence-electron chi connectivity index (χ0n) is 23.8. The third kappa shape index (κ3) is 8.77. The van der Waals surface area contributed by atoms with Gasteiger partial charge >= 0.3 is 6.18 Å². The number of nitrogens with one attached hydrogen (secondary N) is 1. The van der Waals surface area contributed by atoms with Gasteiger partial charge in [-0.3, -0.25) is 9.10 Å². The van der Waals surface area contributed by atoms with Gasteiger partial charge in [0.1, 0.15) is 13.2 Å². The molecule has 0 aliphatic carbocycles. The Labute approximate surface area is 271 Å². The van der Waals surface area contributed by atoms with Crippen molar-refractivity contribution in [3.05, 3.63) is 117 Å². The number of halogens is 5. The monoisotopic (exact) mass is 723 g/mol. The van der Waals surface area contributed by atoms with Crippen LogP contribution in [0.25, 0.3) is 0 Å². The molecule has 0 aliphatic heterocycles. The standard InChI is InChI=1S/C31H26BrClF3N3O5S/c1-20-6-12-26(13-7-20)45(41,42)39(25-5-3-4-23(16-25)31(34,35)36)18-29(40)38-37-17-22-14-27(32)30(28(15-22)43-2)44-19-21-8-10-24(33)11-9-21/h3-17H,18-19H2,1-2H3,(H,38,40)/b37-17-. The summed E-state index contributed by atoms with van der Waals surface area (Å²) in [5, 5.41) is 4.51. The van der Waals surface area contributed by atoms with Crippen molar-refractivity contribution < 1.29 is 35.9 Å². The molecule has 0 saturated carbocycles. The number of hydrogen-bond donors (Lipinski definition) is 1. The number of alkyl halides is 3. The SMILES string of the molecule is COc1cc(/C=N\NC(=O)CN(c2cccc(C(F)(F)F)c2)S(=O)(=O)c2ccc(C)cc2)cc(Br)c1OCc1ccc(Cl)cc1. The largest absolute Gasteiger partial charge is 0.493 e. The van der Waals surface area contributed by atoms with Gasteiger partial charge in [-0.1, -0.05) is 47.5 Å². The van der Waals surface area contributed by atoms with Crippen molar-refractivity contribution in [3.8, 4) is 11.5 Å². The molecule has 0 spiro atoms. The number of sulfonamides is 1. The van der Waals surface area contributed by atoms with Gasteiger partial charge in [0.05, 0.1) is 33.9 Å². The minimum atomic E-state index is -4.73. The number of ether oxygens (including phenoxy) is 2. The molecule has 0 heterocycles. The number of benzene rings is 4. The molecule has 0 bridgehead atoms. The normalized spacial score (nSPS) is 11.8. The Kier molecular flexibility index (Phi) is 10.8. The van der Waals surface area contributed by atoms with Gasteiger partial charge in [-0.05, 0) is 88.6 Å². The molecule has 0 aliphatic rings. The molecule has 0 radical (unpaired) electrons. The molecule has 0 saturated heterocycles. The number of aryl methyl sites for hydroxylation is 1. The first-order valence-corrected chi connectivity index (χ1v) is 15.7. The number of methoxy groups -OCH3 is 1. The van der Waals surface area contributed by atoms with Gasteiger partial charge in [0.2, 0.25) is 0 Å². The van der Waals surface area contributed by atoms with E-state index in [-0.39, 0.29) is 17.2 Å². The fourth-order valence-corrected chi connectivity index (χ4v) is 6.14. The van der Waals surface area contributed by atoms with E-state index in [1.54, 1.807) is 43.3 Å². The third-order valence-corrected chi connectivity index (χ3v) is 8.94. The highest BCUT2D eigenvalue weighted by Crippen LogP contribution is 2.37. The number of hydrogen-bond acceptors (Lipinski definition) is 6. The first-order chi connectivity index (χ1) is 21.3. The highest BCUT2D eigenvalue weighted by Gasteiger charge is 2.33. The molecule has 45 heavy (non-hydrogen) atoms. The van der Waals surface area contributed by atoms with Crippen molar-refractivity contribution in [1.29, 1.82) is 0 Å². The maximum atomic E-state index is 13.5. The summed E-state index contributed by atoms with van der Waals surface area (Å²) in [4.78, 5) is 12.7. The van der Waals surface area contributed by atoms with Gasteiger partial charge in [-0.2, -0.15) is 18.3 Å². The maximum absolute atomic E-state index is 13.5. The van der Waals surface area contributed by atoms with Crippen LogP contribution < -0.4 is 19.2 Å². The average molecular weight is 725 g/mol. The average Bonchev–Trinajstić information content (AvgIpc) is 2.99. The van der Waals surface area contributed by atoms with Crippen LogP contribution in [0.5, 0.6) is 11.5 Å². The van der Waals surface area contributed by atoms with Crippen LogP contribution in [0, 0.1) is 6.92 Å². The van der Waals surface area contributed by atoms with Gasteiger partial charge in [0.25, 0.3) is 15.9 Å². The predicted molar refractivity (Wildman–Crippen MR) is 169 cm³/mol. The van der Waals surface area contributed by atoms with Crippen LogP contribution in [0.4, 0.5) is 18.9 Å². The molecule has 0 aromatic heterocycles. The van der Waals surface area contributed by atoms with E-state index in [1.165, 1.54) is 31.5 Å². The topological polar surface area (TPSA) is 97.3 Å². The van der Waals surface area contributed by atoms with E-state index in [0.29, 0.717) is 36.9 Å². The first kappa shape index (κ1) is 33.8. The molecule has 0 atom stereocenters. The lowest BCUT2D eigenvalue weighted by Crippen LogP contribution is -2.39. The van der Waals surface area contributed by atoms with Crippen LogP contribution in [0.3, 0.4) is 0 Å². The molecular weight excluding hydrogens is 699 g/mol. The third-order valence-electron chi connectivity index (χ3n) is 6.31. The number of carbonyl (C=O) groups excluding carboxylic acids is 1. The van der Waals surface area contributed by atoms with Crippen molar-refractivity contribution >= 4 is 55.4 Å². The van der Waals surface area contributed by atoms with E-state index >= 15 is 0 Å². The van der Waals surface area contributed by atoms with E-state index in [2.05, 4.69) is 26.5 Å². The molecule has 1 N–H and O–H groups in total. The Morgan fingerprint density at radius 1 is 1.04 bits per heavy atom. The second-order valence-electron chi connectivity index (χ2n) is 9.62. The van der Waals surface area contributed by atoms with Crippen molar-refractivity contribution in [2.24, 2.45) is 5.10 Å². The molecule has 236 valence electrons. The Hall–Kier alpha value is -4.07. The summed E-state index contributed by atoms with van der Waals surface area (Å²) in [5.41, 5.74) is 2.97. The van der Waals surface area contributed by atoms with Crippen LogP contribution in [-0.2, 0) is 27.6 Å². The Morgan fingerprint density at radius 2 is 1.73 bits per heavy atom. The number of carbonyl (C=O) groups is 1. The lowest BCUT2D eigenvalue weighted by Gasteiger charge is -2.24. The quantitative estimate of drug-likeness (QED) is 0.129. The van der Waals surface area contributed by atoms with E-state index < -0.39 is 34.2 Å². The highest BCUT2D eigenvalue weighted by molar-refractivity contribution is 9.10. The fraction of sp³-hybridized carbons (Fsp3) is 0.161. The second-order valence-corrected chi connectivity index (χ2v) is 12.8. The van der Waals surface area contributed by atoms with E-state index in [4.69, 9.17) is 21.1 Å². The molecule has 4 aromatic rings. The summed E-state index contributed by atoms with van der Waals surface area (Å²) >= 11 is 9.37. The molecule has 4 rings (SSSR count). The highest BCUT2D eigenvalue weighted by atomic mass is 79.9. The van der Waals surface area contributed by atoms with Crippen molar-refractivity contribution in [2.75, 3.05) is 18.0 Å². The summed E-state index contributed by atoms with van der Waals surface area (Å²) < 4.78 is 79.8. The summed E-state index contributed by atoms with van der Waals surface area (Å²) in [5.74, 6) is -0.106. The minimum Gasteiger partial charge on any atom is -0.493 e. The molecule has 14 heteroatoms. The molecule has 1 amide bonds. The van der Waals surface area contributed by atoms with E-state index in [0.717, 1.165) is 23.3 Å². The zero-order valence-corrected chi connectivity index (χ0v) is 27.0. The Bertz CT molecular complexity index is 1800. The lowest BCUT2D eigenvalue weighted by atomic mass is 10.2. The number of nitrogens with zero attached hydrogens (tertiary/aromatic N) is 2. The van der Waals surface area contributed by atoms with Crippen molar-refractivity contribution in [1.82, 2.24) is 5.43 Å². The number of hydrazone groups is 1. The fourth-order valence-electron chi connectivity index (χ4n) is 4.03. The summed E-state index contributed by atoms with van der Waals surface area (Å²) in [6, 6.07) is 19.9. The molecule has 0 fully saturated rings. The smallest absolute Gasteiger partial charge is 0.416 e. The Balaban J connectivity index is 1.53. The van der Waals surface area contributed by atoms with Crippen molar-refractivity contribution in [3.63, 3.8) is 0 Å². The van der Waals surface area contributed by atoms with E-state index in [9.17, 15) is 26.4 Å². The second kappa shape index (κ2) is 14.4. The maximum Gasteiger partial charge on any atom is 0.416 e.